The predicted octanol–water partition coefficient (Wildman–Crippen LogP) is 2.52. The second kappa shape index (κ2) is 6.32. The fourth-order valence-electron chi connectivity index (χ4n) is 5.36. The van der Waals surface area contributed by atoms with E-state index in [4.69, 9.17) is 20.6 Å². The van der Waals surface area contributed by atoms with Crippen molar-refractivity contribution >= 4 is 28.2 Å². The van der Waals surface area contributed by atoms with E-state index >= 15 is 0 Å². The maximum absolute atomic E-state index is 6.26. The summed E-state index contributed by atoms with van der Waals surface area (Å²) in [6.45, 7) is 0. The number of nitrogen functional groups attached to an aromatic ring is 1. The van der Waals surface area contributed by atoms with Gasteiger partial charge in [-0.05, 0) is 37.8 Å². The highest BCUT2D eigenvalue weighted by molar-refractivity contribution is 5.95. The Morgan fingerprint density at radius 1 is 1.13 bits per heavy atom. The van der Waals surface area contributed by atoms with Crippen molar-refractivity contribution in [2.45, 2.75) is 43.7 Å². The molecule has 0 spiro atoms. The van der Waals surface area contributed by atoms with Crippen molar-refractivity contribution in [3.63, 3.8) is 0 Å². The summed E-state index contributed by atoms with van der Waals surface area (Å²) in [6.07, 6.45) is 8.62. The van der Waals surface area contributed by atoms with Gasteiger partial charge in [-0.3, -0.25) is 4.68 Å². The maximum atomic E-state index is 6.26. The van der Waals surface area contributed by atoms with Crippen LogP contribution in [-0.4, -0.2) is 48.6 Å². The molecule has 0 aliphatic carbocycles. The normalized spacial score (nSPS) is 23.5. The maximum Gasteiger partial charge on any atom is 0.223 e. The van der Waals surface area contributed by atoms with Crippen molar-refractivity contribution in [2.24, 2.45) is 7.05 Å². The molecule has 2 fully saturated rings. The summed E-state index contributed by atoms with van der Waals surface area (Å²) in [6, 6.07) is 6.77. The molecule has 0 saturated carbocycles. The van der Waals surface area contributed by atoms with Crippen molar-refractivity contribution in [3.05, 3.63) is 36.4 Å². The molecule has 2 unspecified atom stereocenters. The Labute approximate surface area is 173 Å². The molecule has 5 heterocycles. The smallest absolute Gasteiger partial charge is 0.223 e. The first-order valence-electron chi connectivity index (χ1n) is 10.4. The van der Waals surface area contributed by atoms with Crippen LogP contribution in [0.15, 0.2) is 30.6 Å². The van der Waals surface area contributed by atoms with Gasteiger partial charge in [-0.1, -0.05) is 6.07 Å². The lowest BCUT2D eigenvalue weighted by Crippen LogP contribution is -2.44. The van der Waals surface area contributed by atoms with Crippen LogP contribution in [0.25, 0.3) is 16.6 Å². The van der Waals surface area contributed by atoms with E-state index < -0.39 is 0 Å². The number of ether oxygens (including phenoxy) is 1. The monoisotopic (exact) mass is 404 g/mol. The number of fused-ring (bicyclic) bond motifs is 5. The van der Waals surface area contributed by atoms with Gasteiger partial charge >= 0.3 is 0 Å². The number of piperidine rings is 1. The van der Waals surface area contributed by atoms with Crippen molar-refractivity contribution < 1.29 is 4.74 Å². The highest BCUT2D eigenvalue weighted by Gasteiger charge is 2.44. The molecule has 9 heteroatoms. The van der Waals surface area contributed by atoms with Crippen LogP contribution in [0.1, 0.15) is 37.4 Å². The summed E-state index contributed by atoms with van der Waals surface area (Å²) in [5, 5.41) is 10.1. The second-order valence-electron chi connectivity index (χ2n) is 8.29. The molecule has 2 aliphatic rings. The van der Waals surface area contributed by atoms with E-state index in [1.165, 1.54) is 12.1 Å². The molecule has 3 atom stereocenters. The van der Waals surface area contributed by atoms with Gasteiger partial charge in [0.25, 0.3) is 0 Å². The van der Waals surface area contributed by atoms with Gasteiger partial charge in [0.05, 0.1) is 19.0 Å². The molecule has 0 radical (unpaired) electrons. The molecule has 1 aromatic carbocycles. The van der Waals surface area contributed by atoms with Gasteiger partial charge in [0.2, 0.25) is 5.95 Å². The number of benzene rings is 1. The summed E-state index contributed by atoms with van der Waals surface area (Å²) in [7, 11) is 3.60. The van der Waals surface area contributed by atoms with Crippen LogP contribution in [0.4, 0.5) is 11.6 Å². The van der Waals surface area contributed by atoms with Gasteiger partial charge in [-0.2, -0.15) is 9.61 Å². The molecule has 2 N–H and O–H groups in total. The van der Waals surface area contributed by atoms with Crippen LogP contribution in [0.2, 0.25) is 0 Å². The molecular weight excluding hydrogens is 380 g/mol. The van der Waals surface area contributed by atoms with E-state index in [9.17, 15) is 0 Å². The standard InChI is InChI=1S/C21H24N8O/c1-27-11-13(10-23-27)28-12-6-8-14(16(28)9-7-12)19-25-20-15-4-3-5-17(30-2)18(15)24-21(22)29(20)26-19/h3-5,10-12,14,16H,6-9H2,1-2H3,(H2,22,24)/t12?,14-,16?/m0/s1. The first-order chi connectivity index (χ1) is 14.6. The van der Waals surface area contributed by atoms with Crippen molar-refractivity contribution in [3.8, 4) is 5.75 Å². The van der Waals surface area contributed by atoms with Crippen LogP contribution in [-0.2, 0) is 7.05 Å². The molecule has 3 aromatic heterocycles. The van der Waals surface area contributed by atoms with E-state index in [1.807, 2.05) is 36.1 Å². The Morgan fingerprint density at radius 2 is 2.00 bits per heavy atom. The molecule has 2 saturated heterocycles. The molecular formula is C21H24N8O. The van der Waals surface area contributed by atoms with Crippen LogP contribution >= 0.6 is 0 Å². The number of hydrogen-bond donors (Lipinski definition) is 1. The van der Waals surface area contributed by atoms with Gasteiger partial charge in [-0.25, -0.2) is 9.97 Å². The highest BCUT2D eigenvalue weighted by Crippen LogP contribution is 2.45. The van der Waals surface area contributed by atoms with Crippen LogP contribution in [0, 0.1) is 0 Å². The Hall–Kier alpha value is -3.36. The third-order valence-electron chi connectivity index (χ3n) is 6.67. The van der Waals surface area contributed by atoms with E-state index in [-0.39, 0.29) is 5.92 Å². The molecule has 9 nitrogen and oxygen atoms in total. The quantitative estimate of drug-likeness (QED) is 0.560. The largest absolute Gasteiger partial charge is 0.494 e. The summed E-state index contributed by atoms with van der Waals surface area (Å²) >= 11 is 0. The van der Waals surface area contributed by atoms with Crippen LogP contribution < -0.4 is 15.4 Å². The topological polar surface area (TPSA) is 99.4 Å². The first kappa shape index (κ1) is 17.5. The predicted molar refractivity (Wildman–Crippen MR) is 114 cm³/mol. The number of anilines is 2. The van der Waals surface area contributed by atoms with Gasteiger partial charge in [0.1, 0.15) is 11.3 Å². The molecule has 2 bridgehead atoms. The van der Waals surface area contributed by atoms with E-state index in [2.05, 4.69) is 21.2 Å². The lowest BCUT2D eigenvalue weighted by molar-refractivity contribution is 0.400. The third-order valence-corrected chi connectivity index (χ3v) is 6.67. The van der Waals surface area contributed by atoms with Crippen molar-refractivity contribution in [2.75, 3.05) is 17.7 Å². The first-order valence-corrected chi connectivity index (χ1v) is 10.4. The van der Waals surface area contributed by atoms with Gasteiger partial charge < -0.3 is 15.4 Å². The van der Waals surface area contributed by atoms with Gasteiger partial charge in [-0.15, -0.1) is 5.10 Å². The number of aromatic nitrogens is 6. The number of para-hydroxylation sites is 1. The average molecular weight is 404 g/mol. The fraction of sp³-hybridized carbons (Fsp3) is 0.429. The summed E-state index contributed by atoms with van der Waals surface area (Å²) in [5.74, 6) is 2.11. The minimum atomic E-state index is 0.254. The molecule has 2 aliphatic heterocycles. The highest BCUT2D eigenvalue weighted by atomic mass is 16.5. The van der Waals surface area contributed by atoms with Gasteiger partial charge in [0, 0.05) is 36.6 Å². The SMILES string of the molecule is COc1cccc2c1nc(N)n1nc([C@H]3CCC4CCC3N4c3cnn(C)c3)nc21. The third kappa shape index (κ3) is 2.41. The number of methoxy groups -OCH3 is 1. The molecule has 30 heavy (non-hydrogen) atoms. The fourth-order valence-corrected chi connectivity index (χ4v) is 5.36. The Kier molecular flexibility index (Phi) is 3.68. The van der Waals surface area contributed by atoms with Crippen LogP contribution in [0.5, 0.6) is 5.75 Å². The number of nitrogens with zero attached hydrogens (tertiary/aromatic N) is 7. The zero-order chi connectivity index (χ0) is 20.4. The number of nitrogens with two attached hydrogens (primary N) is 1. The second-order valence-corrected chi connectivity index (χ2v) is 8.29. The minimum Gasteiger partial charge on any atom is -0.494 e. The van der Waals surface area contributed by atoms with Gasteiger partial charge in [0.15, 0.2) is 11.5 Å². The molecule has 4 aromatic rings. The number of rotatable bonds is 3. The Bertz CT molecular complexity index is 1260. The Balaban J connectivity index is 1.47. The lowest BCUT2D eigenvalue weighted by atomic mass is 9.89. The molecule has 6 rings (SSSR count). The van der Waals surface area contributed by atoms with E-state index in [0.717, 1.165) is 36.1 Å². The van der Waals surface area contributed by atoms with E-state index in [0.29, 0.717) is 29.3 Å². The summed E-state index contributed by atoms with van der Waals surface area (Å²) in [5.41, 5.74) is 8.90. The number of aryl methyl sites for hydroxylation is 1. The molecule has 0 amide bonds. The van der Waals surface area contributed by atoms with Crippen LogP contribution in [0.3, 0.4) is 0 Å². The Morgan fingerprint density at radius 3 is 2.80 bits per heavy atom. The zero-order valence-electron chi connectivity index (χ0n) is 17.1. The lowest BCUT2D eigenvalue weighted by Gasteiger charge is -2.39. The van der Waals surface area contributed by atoms with Crippen molar-refractivity contribution in [1.29, 1.82) is 0 Å². The number of hydrogen-bond acceptors (Lipinski definition) is 7. The van der Waals surface area contributed by atoms with E-state index in [1.54, 1.807) is 11.6 Å². The summed E-state index contributed by atoms with van der Waals surface area (Å²) in [4.78, 5) is 12.1. The average Bonchev–Trinajstić information content (AvgIpc) is 3.45. The minimum absolute atomic E-state index is 0.254. The summed E-state index contributed by atoms with van der Waals surface area (Å²) < 4.78 is 9.01. The zero-order valence-corrected chi connectivity index (χ0v) is 17.1. The van der Waals surface area contributed by atoms with Crippen molar-refractivity contribution in [1.82, 2.24) is 29.4 Å². The molecule has 154 valence electrons.